The Hall–Kier alpha value is -1.66. The summed E-state index contributed by atoms with van der Waals surface area (Å²) >= 11 is 0. The molecule has 84 heavy (non-hydrogen) atoms. The maximum absolute atomic E-state index is 12.5. The summed E-state index contributed by atoms with van der Waals surface area (Å²) < 4.78 is 5.50. The molecule has 0 radical (unpaired) electrons. The van der Waals surface area contributed by atoms with Crippen LogP contribution in [0.1, 0.15) is 438 Å². The fraction of sp³-hybridized carbons (Fsp3) is 0.923. The van der Waals surface area contributed by atoms with Gasteiger partial charge in [-0.05, 0) is 57.8 Å². The fourth-order valence-corrected chi connectivity index (χ4v) is 12.3. The van der Waals surface area contributed by atoms with Crippen molar-refractivity contribution in [2.75, 3.05) is 13.2 Å². The Kier molecular flexibility index (Phi) is 72.3. The highest BCUT2D eigenvalue weighted by Crippen LogP contribution is 2.19. The smallest absolute Gasteiger partial charge is 0.305 e. The predicted molar refractivity (Wildman–Crippen MR) is 370 cm³/mol. The molecule has 0 aromatic heterocycles. The summed E-state index contributed by atoms with van der Waals surface area (Å²) in [5, 5.41) is 23.2. The maximum atomic E-state index is 12.5. The molecule has 0 bridgehead atoms. The zero-order valence-electron chi connectivity index (χ0n) is 57.2. The third kappa shape index (κ3) is 69.4. The highest BCUT2D eigenvalue weighted by atomic mass is 16.5. The number of rotatable bonds is 73. The lowest BCUT2D eigenvalue weighted by atomic mass is 10.0. The molecule has 2 atom stereocenters. The zero-order valence-corrected chi connectivity index (χ0v) is 57.2. The molecule has 6 nitrogen and oxygen atoms in total. The normalized spacial score (nSPS) is 12.6. The molecule has 0 spiro atoms. The predicted octanol–water partition coefficient (Wildman–Crippen LogP) is 25.3. The van der Waals surface area contributed by atoms with Crippen molar-refractivity contribution in [1.29, 1.82) is 0 Å². The lowest BCUT2D eigenvalue weighted by molar-refractivity contribution is -0.143. The standard InChI is InChI=1S/C78H151NO5/c1-3-5-7-9-11-13-15-17-19-43-46-50-54-58-62-66-70-76(81)75(74-80)79-77(82)71-67-63-59-55-51-47-44-41-39-37-35-33-31-29-27-25-23-21-20-22-24-26-28-30-32-34-36-38-40-42-45-49-53-57-61-65-69-73-84-78(83)72-68-64-60-56-52-48-18-16-14-12-10-8-6-4-2/h20,22,66,70,75-76,80-81H,3-19,21,23-65,67-69,71-74H2,1-2H3,(H,79,82)/b22-20-,70-66+. The van der Waals surface area contributed by atoms with Gasteiger partial charge in [-0.2, -0.15) is 0 Å². The van der Waals surface area contributed by atoms with Gasteiger partial charge in [-0.1, -0.05) is 391 Å². The van der Waals surface area contributed by atoms with Crippen LogP contribution in [-0.4, -0.2) is 47.4 Å². The van der Waals surface area contributed by atoms with Crippen molar-refractivity contribution in [3.05, 3.63) is 24.3 Å². The second kappa shape index (κ2) is 73.8. The molecule has 0 aliphatic rings. The molecule has 6 heteroatoms. The molecule has 0 heterocycles. The van der Waals surface area contributed by atoms with Crippen molar-refractivity contribution in [2.24, 2.45) is 0 Å². The second-order valence-electron chi connectivity index (χ2n) is 26.7. The third-order valence-electron chi connectivity index (χ3n) is 18.2. The van der Waals surface area contributed by atoms with Crippen LogP contribution in [0.3, 0.4) is 0 Å². The summed E-state index contributed by atoms with van der Waals surface area (Å²) in [6.07, 6.45) is 94.4. The van der Waals surface area contributed by atoms with Gasteiger partial charge in [0.05, 0.1) is 25.4 Å². The summed E-state index contributed by atoms with van der Waals surface area (Å²) in [4.78, 5) is 24.6. The Morgan fingerprint density at radius 2 is 0.560 bits per heavy atom. The van der Waals surface area contributed by atoms with E-state index >= 15 is 0 Å². The van der Waals surface area contributed by atoms with Crippen LogP contribution < -0.4 is 5.32 Å². The first-order valence-electron chi connectivity index (χ1n) is 38.6. The highest BCUT2D eigenvalue weighted by Gasteiger charge is 2.18. The van der Waals surface area contributed by atoms with Crippen LogP contribution in [0, 0.1) is 0 Å². The van der Waals surface area contributed by atoms with Gasteiger partial charge in [0.25, 0.3) is 0 Å². The average molecular weight is 1180 g/mol. The molecular weight excluding hydrogens is 1030 g/mol. The molecule has 0 aromatic rings. The van der Waals surface area contributed by atoms with Gasteiger partial charge in [0.15, 0.2) is 0 Å². The Morgan fingerprint density at radius 1 is 0.321 bits per heavy atom. The van der Waals surface area contributed by atoms with Gasteiger partial charge in [-0.15, -0.1) is 0 Å². The van der Waals surface area contributed by atoms with Gasteiger partial charge in [-0.3, -0.25) is 9.59 Å². The number of carbonyl (C=O) groups is 2. The Balaban J connectivity index is 3.33. The number of allylic oxidation sites excluding steroid dienone is 3. The highest BCUT2D eigenvalue weighted by molar-refractivity contribution is 5.76. The van der Waals surface area contributed by atoms with Crippen LogP contribution in [0.5, 0.6) is 0 Å². The number of hydrogen-bond acceptors (Lipinski definition) is 5. The number of aliphatic hydroxyl groups is 2. The quantitative estimate of drug-likeness (QED) is 0.0320. The van der Waals surface area contributed by atoms with Crippen LogP contribution >= 0.6 is 0 Å². The molecule has 2 unspecified atom stereocenters. The van der Waals surface area contributed by atoms with Crippen LogP contribution in [0.25, 0.3) is 0 Å². The largest absolute Gasteiger partial charge is 0.466 e. The molecule has 0 aliphatic carbocycles. The summed E-state index contributed by atoms with van der Waals surface area (Å²) in [7, 11) is 0. The Labute approximate surface area is 526 Å². The van der Waals surface area contributed by atoms with E-state index in [1.165, 1.54) is 372 Å². The van der Waals surface area contributed by atoms with Gasteiger partial charge in [0.2, 0.25) is 5.91 Å². The first-order chi connectivity index (χ1) is 41.5. The van der Waals surface area contributed by atoms with Crippen LogP contribution in [0.2, 0.25) is 0 Å². The molecule has 0 aromatic carbocycles. The number of carbonyl (C=O) groups excluding carboxylic acids is 2. The molecule has 3 N–H and O–H groups in total. The summed E-state index contributed by atoms with van der Waals surface area (Å²) in [5.74, 6) is -0.0363. The van der Waals surface area contributed by atoms with Gasteiger partial charge < -0.3 is 20.3 Å². The average Bonchev–Trinajstić information content (AvgIpc) is 3.52. The monoisotopic (exact) mass is 1180 g/mol. The number of amides is 1. The molecule has 1 amide bonds. The molecule has 0 saturated heterocycles. The number of ether oxygens (including phenoxy) is 1. The van der Waals surface area contributed by atoms with Gasteiger partial charge in [-0.25, -0.2) is 0 Å². The number of nitrogens with one attached hydrogen (secondary N) is 1. The molecular formula is C78H151NO5. The van der Waals surface area contributed by atoms with Crippen molar-refractivity contribution in [3.63, 3.8) is 0 Å². The van der Waals surface area contributed by atoms with E-state index in [0.29, 0.717) is 19.4 Å². The van der Waals surface area contributed by atoms with Gasteiger partial charge in [0.1, 0.15) is 0 Å². The zero-order chi connectivity index (χ0) is 60.6. The van der Waals surface area contributed by atoms with Gasteiger partial charge >= 0.3 is 5.97 Å². The first-order valence-corrected chi connectivity index (χ1v) is 38.6. The summed E-state index contributed by atoms with van der Waals surface area (Å²) in [6.45, 7) is 4.95. The van der Waals surface area contributed by atoms with E-state index < -0.39 is 12.1 Å². The van der Waals surface area contributed by atoms with E-state index in [-0.39, 0.29) is 18.5 Å². The van der Waals surface area contributed by atoms with E-state index in [0.717, 1.165) is 38.5 Å². The molecule has 0 fully saturated rings. The minimum Gasteiger partial charge on any atom is -0.466 e. The number of hydrogen-bond donors (Lipinski definition) is 3. The Morgan fingerprint density at radius 3 is 0.845 bits per heavy atom. The van der Waals surface area contributed by atoms with Crippen molar-refractivity contribution >= 4 is 11.9 Å². The van der Waals surface area contributed by atoms with Crippen LogP contribution in [0.15, 0.2) is 24.3 Å². The maximum Gasteiger partial charge on any atom is 0.305 e. The van der Waals surface area contributed by atoms with Crippen molar-refractivity contribution in [3.8, 4) is 0 Å². The lowest BCUT2D eigenvalue weighted by Gasteiger charge is -2.20. The first kappa shape index (κ1) is 82.3. The van der Waals surface area contributed by atoms with E-state index in [9.17, 15) is 19.8 Å². The molecule has 0 saturated carbocycles. The Bertz CT molecular complexity index is 1320. The minimum absolute atomic E-state index is 0.0243. The van der Waals surface area contributed by atoms with Gasteiger partial charge in [0, 0.05) is 12.8 Å². The fourth-order valence-electron chi connectivity index (χ4n) is 12.3. The topological polar surface area (TPSA) is 95.9 Å². The van der Waals surface area contributed by atoms with Crippen LogP contribution in [-0.2, 0) is 14.3 Å². The number of aliphatic hydroxyl groups excluding tert-OH is 2. The minimum atomic E-state index is -0.841. The molecule has 0 aliphatic heterocycles. The van der Waals surface area contributed by atoms with E-state index in [1.807, 2.05) is 6.08 Å². The molecule has 498 valence electrons. The van der Waals surface area contributed by atoms with Crippen molar-refractivity contribution in [2.45, 2.75) is 450 Å². The third-order valence-corrected chi connectivity index (χ3v) is 18.2. The van der Waals surface area contributed by atoms with E-state index in [2.05, 4.69) is 31.3 Å². The lowest BCUT2D eigenvalue weighted by Crippen LogP contribution is -2.45. The van der Waals surface area contributed by atoms with Crippen molar-refractivity contribution in [1.82, 2.24) is 5.32 Å². The summed E-state index contributed by atoms with van der Waals surface area (Å²) in [5.41, 5.74) is 0. The summed E-state index contributed by atoms with van der Waals surface area (Å²) in [6, 6.07) is -0.624. The SMILES string of the molecule is CCCCCCCCCCCCCCCC/C=C/C(O)C(CO)NC(=O)CCCCCCCCCCCCCCCCCCC/C=C\CCCCCCCCCCCCCCCCCCOC(=O)CCCCCCCCCCCCCCCC. The second-order valence-corrected chi connectivity index (χ2v) is 26.7. The molecule has 0 rings (SSSR count). The van der Waals surface area contributed by atoms with E-state index in [4.69, 9.17) is 4.74 Å². The number of esters is 1. The van der Waals surface area contributed by atoms with Crippen LogP contribution in [0.4, 0.5) is 0 Å². The van der Waals surface area contributed by atoms with E-state index in [1.54, 1.807) is 6.08 Å². The van der Waals surface area contributed by atoms with Crippen molar-refractivity contribution < 1.29 is 24.5 Å². The number of unbranched alkanes of at least 4 members (excludes halogenated alkanes) is 60.